The zero-order valence-corrected chi connectivity index (χ0v) is 21.4. The van der Waals surface area contributed by atoms with Gasteiger partial charge >= 0.3 is 0 Å². The number of nitrogen functional groups attached to an aromatic ring is 1. The maximum atomic E-state index is 12.0. The highest BCUT2D eigenvalue weighted by molar-refractivity contribution is 7.90. The SMILES string of the molecule is CNC[C@H]1OC(n2cnc3c(N)nc(NCCNC(=O)CCCCCCS(C)(=O)=O)nc32)[C@H](O)[C@@H]1O. The summed E-state index contributed by atoms with van der Waals surface area (Å²) in [6, 6.07) is 0. The van der Waals surface area contributed by atoms with Crippen LogP contribution in [0.3, 0.4) is 0 Å². The lowest BCUT2D eigenvalue weighted by molar-refractivity contribution is -0.121. The van der Waals surface area contributed by atoms with Gasteiger partial charge in [-0.15, -0.1) is 0 Å². The molecule has 0 saturated carbocycles. The number of rotatable bonds is 14. The third-order valence-corrected chi connectivity index (χ3v) is 6.89. The number of likely N-dealkylation sites (N-methyl/N-ethyl adjacent to an activating group) is 1. The molecule has 0 aliphatic carbocycles. The van der Waals surface area contributed by atoms with Gasteiger partial charge in [0.1, 0.15) is 33.7 Å². The van der Waals surface area contributed by atoms with E-state index >= 15 is 0 Å². The monoisotopic (exact) mass is 528 g/mol. The summed E-state index contributed by atoms with van der Waals surface area (Å²) in [5.41, 5.74) is 6.72. The fraction of sp³-hybridized carbons (Fsp3) is 0.714. The van der Waals surface area contributed by atoms with Crippen molar-refractivity contribution in [2.45, 2.75) is 56.6 Å². The van der Waals surface area contributed by atoms with E-state index in [4.69, 9.17) is 10.5 Å². The van der Waals surface area contributed by atoms with E-state index in [0.29, 0.717) is 50.1 Å². The van der Waals surface area contributed by atoms with Gasteiger partial charge in [0.25, 0.3) is 0 Å². The van der Waals surface area contributed by atoms with Crippen LogP contribution < -0.4 is 21.7 Å². The van der Waals surface area contributed by atoms with Crippen molar-refractivity contribution in [3.63, 3.8) is 0 Å². The van der Waals surface area contributed by atoms with Crippen molar-refractivity contribution in [2.75, 3.05) is 49.7 Å². The van der Waals surface area contributed by atoms with Gasteiger partial charge < -0.3 is 36.6 Å². The van der Waals surface area contributed by atoms with E-state index in [-0.39, 0.29) is 23.4 Å². The van der Waals surface area contributed by atoms with Crippen LogP contribution in [0.15, 0.2) is 6.33 Å². The molecule has 0 spiro atoms. The number of nitrogens with zero attached hydrogens (tertiary/aromatic N) is 4. The molecular weight excluding hydrogens is 492 g/mol. The van der Waals surface area contributed by atoms with Crippen LogP contribution in [0.4, 0.5) is 11.8 Å². The molecule has 0 bridgehead atoms. The van der Waals surface area contributed by atoms with E-state index < -0.39 is 34.4 Å². The lowest BCUT2D eigenvalue weighted by Gasteiger charge is -2.17. The summed E-state index contributed by atoms with van der Waals surface area (Å²) in [6.07, 6.45) is 2.17. The summed E-state index contributed by atoms with van der Waals surface area (Å²) in [4.78, 5) is 24.9. The Labute approximate surface area is 210 Å². The Balaban J connectivity index is 1.48. The van der Waals surface area contributed by atoms with Crippen molar-refractivity contribution in [1.82, 2.24) is 30.2 Å². The Morgan fingerprint density at radius 3 is 2.64 bits per heavy atom. The highest BCUT2D eigenvalue weighted by atomic mass is 32.2. The Morgan fingerprint density at radius 1 is 1.17 bits per heavy atom. The Kier molecular flexibility index (Phi) is 9.78. The highest BCUT2D eigenvalue weighted by Crippen LogP contribution is 2.32. The minimum absolute atomic E-state index is 0.0871. The molecule has 15 heteroatoms. The van der Waals surface area contributed by atoms with Crippen LogP contribution in [0.2, 0.25) is 0 Å². The number of nitrogens with two attached hydrogens (primary N) is 1. The number of fused-ring (bicyclic) bond motifs is 1. The number of hydrogen-bond acceptors (Lipinski definition) is 12. The van der Waals surface area contributed by atoms with E-state index in [2.05, 4.69) is 30.9 Å². The number of aromatic nitrogens is 4. The quantitative estimate of drug-likeness (QED) is 0.159. The summed E-state index contributed by atoms with van der Waals surface area (Å²) < 4.78 is 29.5. The Hall–Kier alpha value is -2.59. The number of carbonyl (C=O) groups excluding carboxylic acids is 1. The molecule has 1 aliphatic rings. The molecule has 202 valence electrons. The van der Waals surface area contributed by atoms with E-state index in [1.54, 1.807) is 7.05 Å². The van der Waals surface area contributed by atoms with Crippen LogP contribution >= 0.6 is 0 Å². The molecule has 7 N–H and O–H groups in total. The Morgan fingerprint density at radius 2 is 1.92 bits per heavy atom. The van der Waals surface area contributed by atoms with E-state index in [9.17, 15) is 23.4 Å². The first-order valence-electron chi connectivity index (χ1n) is 11.9. The third kappa shape index (κ3) is 7.46. The molecule has 3 heterocycles. The van der Waals surface area contributed by atoms with E-state index in [1.807, 2.05) is 0 Å². The van der Waals surface area contributed by atoms with Crippen LogP contribution in [0.5, 0.6) is 0 Å². The predicted molar refractivity (Wildman–Crippen MR) is 134 cm³/mol. The van der Waals surface area contributed by atoms with Crippen molar-refractivity contribution in [2.24, 2.45) is 0 Å². The summed E-state index contributed by atoms with van der Waals surface area (Å²) >= 11 is 0. The van der Waals surface area contributed by atoms with Crippen LogP contribution in [-0.4, -0.2) is 101 Å². The molecular formula is C21H36N8O6S. The van der Waals surface area contributed by atoms with Gasteiger partial charge in [-0.3, -0.25) is 9.36 Å². The number of aliphatic hydroxyl groups is 2. The first kappa shape index (κ1) is 28.0. The largest absolute Gasteiger partial charge is 0.387 e. The van der Waals surface area contributed by atoms with E-state index in [1.165, 1.54) is 17.2 Å². The summed E-state index contributed by atoms with van der Waals surface area (Å²) in [7, 11) is -1.21. The maximum Gasteiger partial charge on any atom is 0.226 e. The average Bonchev–Trinajstić information content (AvgIpc) is 3.35. The zero-order chi connectivity index (χ0) is 26.3. The number of ether oxygens (including phenoxy) is 1. The standard InChI is InChI=1S/C21H36N8O6S/c1-23-11-13-16(31)17(32)20(35-13)29-12-26-15-18(22)27-21(28-19(15)29)25-9-8-24-14(30)7-5-3-4-6-10-36(2,33)34/h12-13,16-17,20,23,31-32H,3-11H2,1-2H3,(H,24,30)(H3,22,25,27,28)/t13-,16-,17-,20?/m1/s1. The molecule has 1 unspecified atom stereocenters. The fourth-order valence-corrected chi connectivity index (χ4v) is 4.73. The van der Waals surface area contributed by atoms with Crippen LogP contribution in [0.1, 0.15) is 38.3 Å². The number of amides is 1. The van der Waals surface area contributed by atoms with Crippen molar-refractivity contribution < 1.29 is 28.2 Å². The lowest BCUT2D eigenvalue weighted by atomic mass is 10.1. The number of aliphatic hydroxyl groups excluding tert-OH is 2. The normalized spacial score (nSPS) is 22.2. The summed E-state index contributed by atoms with van der Waals surface area (Å²) in [5.74, 6) is 0.454. The van der Waals surface area contributed by atoms with Crippen LogP contribution in [0, 0.1) is 0 Å². The second-order valence-corrected chi connectivity index (χ2v) is 11.2. The molecule has 1 aliphatic heterocycles. The summed E-state index contributed by atoms with van der Waals surface area (Å²) in [6.45, 7) is 1.06. The molecule has 2 aromatic heterocycles. The second kappa shape index (κ2) is 12.6. The minimum Gasteiger partial charge on any atom is -0.387 e. The van der Waals surface area contributed by atoms with Gasteiger partial charge in [-0.05, 0) is 19.9 Å². The van der Waals surface area contributed by atoms with Gasteiger partial charge in [-0.25, -0.2) is 13.4 Å². The van der Waals surface area contributed by atoms with Gasteiger partial charge in [0, 0.05) is 38.1 Å². The Bertz CT molecular complexity index is 1130. The first-order chi connectivity index (χ1) is 17.1. The average molecular weight is 529 g/mol. The number of imidazole rings is 1. The number of nitrogens with one attached hydrogen (secondary N) is 3. The number of anilines is 2. The van der Waals surface area contributed by atoms with Crippen molar-refractivity contribution in [1.29, 1.82) is 0 Å². The molecule has 2 aromatic rings. The molecule has 1 saturated heterocycles. The molecule has 4 atom stereocenters. The van der Waals surface area contributed by atoms with Gasteiger partial charge in [0.15, 0.2) is 17.7 Å². The van der Waals surface area contributed by atoms with Crippen LogP contribution in [0.25, 0.3) is 11.2 Å². The summed E-state index contributed by atoms with van der Waals surface area (Å²) in [5, 5.41) is 29.5. The molecule has 0 radical (unpaired) electrons. The number of carbonyl (C=O) groups is 1. The van der Waals surface area contributed by atoms with Gasteiger partial charge in [0.05, 0.1) is 6.33 Å². The third-order valence-electron chi connectivity index (χ3n) is 5.86. The molecule has 0 aromatic carbocycles. The smallest absolute Gasteiger partial charge is 0.226 e. The maximum absolute atomic E-state index is 12.0. The topological polar surface area (TPSA) is 207 Å². The van der Waals surface area contributed by atoms with Crippen molar-refractivity contribution in [3.05, 3.63) is 6.33 Å². The van der Waals surface area contributed by atoms with Crippen molar-refractivity contribution in [3.8, 4) is 0 Å². The fourth-order valence-electron chi connectivity index (χ4n) is 4.00. The number of unbranched alkanes of at least 4 members (excludes halogenated alkanes) is 3. The zero-order valence-electron chi connectivity index (χ0n) is 20.6. The van der Waals surface area contributed by atoms with Gasteiger partial charge in [-0.2, -0.15) is 9.97 Å². The highest BCUT2D eigenvalue weighted by Gasteiger charge is 2.44. The molecule has 1 fully saturated rings. The predicted octanol–water partition coefficient (Wildman–Crippen LogP) is -1.23. The molecule has 3 rings (SSSR count). The van der Waals surface area contributed by atoms with Crippen molar-refractivity contribution >= 4 is 38.7 Å². The van der Waals surface area contributed by atoms with E-state index in [0.717, 1.165) is 12.8 Å². The lowest BCUT2D eigenvalue weighted by Crippen LogP contribution is -2.36. The molecule has 1 amide bonds. The first-order valence-corrected chi connectivity index (χ1v) is 14.0. The van der Waals surface area contributed by atoms with Crippen LogP contribution in [-0.2, 0) is 19.4 Å². The second-order valence-electron chi connectivity index (χ2n) is 8.93. The van der Waals surface area contributed by atoms with Gasteiger partial charge in [-0.1, -0.05) is 12.8 Å². The number of sulfone groups is 1. The van der Waals surface area contributed by atoms with Gasteiger partial charge in [0.2, 0.25) is 11.9 Å². The molecule has 36 heavy (non-hydrogen) atoms. The minimum atomic E-state index is -2.93. The molecule has 14 nitrogen and oxygen atoms in total. The number of hydrogen-bond donors (Lipinski definition) is 6.